The molecule has 0 saturated carbocycles. The molecule has 1 aromatic heterocycles. The Morgan fingerprint density at radius 2 is 1.89 bits per heavy atom. The molecule has 28 heavy (non-hydrogen) atoms. The zero-order valence-electron chi connectivity index (χ0n) is 15.1. The molecule has 0 aliphatic heterocycles. The molecule has 9 heteroatoms. The van der Waals surface area contributed by atoms with Crippen molar-refractivity contribution in [2.45, 2.75) is 12.7 Å². The quantitative estimate of drug-likeness (QED) is 0.743. The van der Waals surface area contributed by atoms with Crippen molar-refractivity contribution in [3.63, 3.8) is 0 Å². The topological polar surface area (TPSA) is 67.2 Å². The Hall–Kier alpha value is -3.36. The van der Waals surface area contributed by atoms with Gasteiger partial charge in [0.25, 0.3) is 5.56 Å². The van der Waals surface area contributed by atoms with Gasteiger partial charge in [0.05, 0.1) is 28.5 Å². The van der Waals surface area contributed by atoms with Crippen LogP contribution in [0.2, 0.25) is 0 Å². The van der Waals surface area contributed by atoms with Crippen LogP contribution in [-0.4, -0.2) is 29.8 Å². The van der Waals surface area contributed by atoms with Gasteiger partial charge in [0.15, 0.2) is 0 Å². The van der Waals surface area contributed by atoms with E-state index in [1.807, 2.05) is 0 Å². The van der Waals surface area contributed by atoms with E-state index in [-0.39, 0.29) is 5.69 Å². The first-order chi connectivity index (χ1) is 13.2. The van der Waals surface area contributed by atoms with Crippen molar-refractivity contribution >= 4 is 28.1 Å². The monoisotopic (exact) mass is 390 g/mol. The molecule has 1 amide bonds. The lowest BCUT2D eigenvalue weighted by molar-refractivity contribution is -0.137. The second-order valence-electron chi connectivity index (χ2n) is 6.37. The summed E-state index contributed by atoms with van der Waals surface area (Å²) in [6, 6.07) is 9.88. The van der Waals surface area contributed by atoms with Crippen LogP contribution in [0.5, 0.6) is 0 Å². The van der Waals surface area contributed by atoms with Gasteiger partial charge in [0.1, 0.15) is 6.54 Å². The molecule has 0 unspecified atom stereocenters. The zero-order valence-corrected chi connectivity index (χ0v) is 15.1. The number of carbonyl (C=O) groups is 1. The summed E-state index contributed by atoms with van der Waals surface area (Å²) < 4.78 is 40.0. The second kappa shape index (κ2) is 7.34. The van der Waals surface area contributed by atoms with Crippen LogP contribution in [0.1, 0.15) is 5.56 Å². The van der Waals surface area contributed by atoms with Crippen molar-refractivity contribution < 1.29 is 18.0 Å². The Morgan fingerprint density at radius 3 is 2.57 bits per heavy atom. The van der Waals surface area contributed by atoms with Gasteiger partial charge in [-0.1, -0.05) is 18.2 Å². The lowest BCUT2D eigenvalue weighted by Gasteiger charge is -2.20. The van der Waals surface area contributed by atoms with Gasteiger partial charge in [-0.05, 0) is 24.3 Å². The van der Waals surface area contributed by atoms with E-state index in [9.17, 15) is 22.8 Å². The van der Waals surface area contributed by atoms with Gasteiger partial charge in [0, 0.05) is 19.5 Å². The molecule has 0 saturated heterocycles. The number of alkyl halides is 3. The van der Waals surface area contributed by atoms with Crippen LogP contribution in [-0.2, 0) is 17.5 Å². The molecule has 0 atom stereocenters. The fourth-order valence-corrected chi connectivity index (χ4v) is 2.77. The average molecular weight is 390 g/mol. The lowest BCUT2D eigenvalue weighted by atomic mass is 10.1. The van der Waals surface area contributed by atoms with Crippen molar-refractivity contribution in [2.75, 3.05) is 24.3 Å². The fraction of sp³-hybridized carbons (Fsp3) is 0.211. The molecule has 6 nitrogen and oxygen atoms in total. The molecule has 0 aliphatic carbocycles. The molecule has 2 aromatic carbocycles. The Kier molecular flexibility index (Phi) is 5.08. The first kappa shape index (κ1) is 19.4. The summed E-state index contributed by atoms with van der Waals surface area (Å²) in [5, 5.41) is 7.44. The summed E-state index contributed by atoms with van der Waals surface area (Å²) in [4.78, 5) is 26.4. The number of rotatable bonds is 4. The fourth-order valence-electron chi connectivity index (χ4n) is 2.77. The van der Waals surface area contributed by atoms with Gasteiger partial charge in [-0.2, -0.15) is 18.3 Å². The zero-order chi connectivity index (χ0) is 20.5. The minimum absolute atomic E-state index is 0.00124. The predicted octanol–water partition coefficient (Wildman–Crippen LogP) is 3.12. The molecule has 0 spiro atoms. The van der Waals surface area contributed by atoms with Crippen LogP contribution in [0, 0.1) is 0 Å². The summed E-state index contributed by atoms with van der Waals surface area (Å²) in [5.74, 6) is -0.660. The summed E-state index contributed by atoms with van der Waals surface area (Å²) in [7, 11) is 3.29. The number of benzene rings is 2. The maximum Gasteiger partial charge on any atom is 0.416 e. The number of amides is 1. The number of hydrogen-bond donors (Lipinski definition) is 1. The van der Waals surface area contributed by atoms with E-state index in [1.165, 1.54) is 12.3 Å². The number of anilines is 2. The van der Waals surface area contributed by atoms with Gasteiger partial charge in [-0.15, -0.1) is 0 Å². The van der Waals surface area contributed by atoms with E-state index in [4.69, 9.17) is 0 Å². The van der Waals surface area contributed by atoms with Crippen molar-refractivity contribution in [3.05, 3.63) is 64.6 Å². The summed E-state index contributed by atoms with van der Waals surface area (Å²) in [6.07, 6.45) is -3.08. The standard InChI is InChI=1S/C19H17F3N4O2/c1-25(2)16-8-7-13(19(20,21)22)9-15(16)24-17(27)11-26-18(28)14-6-4-3-5-12(14)10-23-26/h3-10H,11H2,1-2H3,(H,24,27). The summed E-state index contributed by atoms with van der Waals surface area (Å²) in [5.41, 5.74) is -0.932. The third-order valence-electron chi connectivity index (χ3n) is 4.13. The van der Waals surface area contributed by atoms with Crippen molar-refractivity contribution in [1.29, 1.82) is 0 Å². The maximum absolute atomic E-state index is 13.0. The highest BCUT2D eigenvalue weighted by molar-refractivity contribution is 5.94. The van der Waals surface area contributed by atoms with Crippen LogP contribution >= 0.6 is 0 Å². The molecular formula is C19H17F3N4O2. The summed E-state index contributed by atoms with van der Waals surface area (Å²) >= 11 is 0. The van der Waals surface area contributed by atoms with E-state index < -0.39 is 29.8 Å². The van der Waals surface area contributed by atoms with E-state index in [1.54, 1.807) is 43.3 Å². The van der Waals surface area contributed by atoms with Crippen LogP contribution in [0.15, 0.2) is 53.5 Å². The first-order valence-electron chi connectivity index (χ1n) is 8.30. The predicted molar refractivity (Wildman–Crippen MR) is 100 cm³/mol. The van der Waals surface area contributed by atoms with Crippen LogP contribution < -0.4 is 15.8 Å². The van der Waals surface area contributed by atoms with Gasteiger partial charge < -0.3 is 10.2 Å². The Bertz CT molecular complexity index is 1090. The third kappa shape index (κ3) is 3.98. The van der Waals surface area contributed by atoms with Gasteiger partial charge in [-0.3, -0.25) is 9.59 Å². The molecule has 0 bridgehead atoms. The number of nitrogens with one attached hydrogen (secondary N) is 1. The highest BCUT2D eigenvalue weighted by Gasteiger charge is 2.31. The van der Waals surface area contributed by atoms with Crippen molar-refractivity contribution in [3.8, 4) is 0 Å². The van der Waals surface area contributed by atoms with Crippen LogP contribution in [0.25, 0.3) is 10.8 Å². The largest absolute Gasteiger partial charge is 0.416 e. The number of aromatic nitrogens is 2. The smallest absolute Gasteiger partial charge is 0.376 e. The molecule has 3 aromatic rings. The molecule has 1 heterocycles. The van der Waals surface area contributed by atoms with E-state index in [2.05, 4.69) is 10.4 Å². The average Bonchev–Trinajstić information content (AvgIpc) is 2.63. The van der Waals surface area contributed by atoms with Crippen molar-refractivity contribution in [2.24, 2.45) is 0 Å². The molecule has 0 fully saturated rings. The Labute approximate surface area is 158 Å². The summed E-state index contributed by atoms with van der Waals surface area (Å²) in [6.45, 7) is -0.424. The van der Waals surface area contributed by atoms with Crippen molar-refractivity contribution in [1.82, 2.24) is 9.78 Å². The lowest BCUT2D eigenvalue weighted by Crippen LogP contribution is -2.30. The Balaban J connectivity index is 1.89. The van der Waals surface area contributed by atoms with Crippen LogP contribution in [0.3, 0.4) is 0 Å². The minimum Gasteiger partial charge on any atom is -0.376 e. The number of fused-ring (bicyclic) bond motifs is 1. The number of nitrogens with zero attached hydrogens (tertiary/aromatic N) is 3. The van der Waals surface area contributed by atoms with Gasteiger partial charge in [-0.25, -0.2) is 4.68 Å². The van der Waals surface area contributed by atoms with Gasteiger partial charge >= 0.3 is 6.18 Å². The number of halogens is 3. The highest BCUT2D eigenvalue weighted by Crippen LogP contribution is 2.34. The Morgan fingerprint density at radius 1 is 1.18 bits per heavy atom. The highest BCUT2D eigenvalue weighted by atomic mass is 19.4. The number of carbonyl (C=O) groups excluding carboxylic acids is 1. The maximum atomic E-state index is 13.0. The molecule has 146 valence electrons. The van der Waals surface area contributed by atoms with Gasteiger partial charge in [0.2, 0.25) is 5.91 Å². The third-order valence-corrected chi connectivity index (χ3v) is 4.13. The molecule has 3 rings (SSSR count). The molecular weight excluding hydrogens is 373 g/mol. The van der Waals surface area contributed by atoms with E-state index in [0.29, 0.717) is 16.5 Å². The molecule has 0 aliphatic rings. The first-order valence-corrected chi connectivity index (χ1v) is 8.30. The molecule has 0 radical (unpaired) electrons. The van der Waals surface area contributed by atoms with E-state index >= 15 is 0 Å². The molecule has 1 N–H and O–H groups in total. The number of hydrogen-bond acceptors (Lipinski definition) is 4. The van der Waals surface area contributed by atoms with Crippen LogP contribution in [0.4, 0.5) is 24.5 Å². The second-order valence-corrected chi connectivity index (χ2v) is 6.37. The minimum atomic E-state index is -4.54. The normalized spacial score (nSPS) is 11.5. The SMILES string of the molecule is CN(C)c1ccc(C(F)(F)F)cc1NC(=O)Cn1ncc2ccccc2c1=O. The van der Waals surface area contributed by atoms with E-state index in [0.717, 1.165) is 16.8 Å².